The van der Waals surface area contributed by atoms with Gasteiger partial charge in [0.05, 0.1) is 19.2 Å². The number of benzene rings is 1. The first-order chi connectivity index (χ1) is 9.01. The fraction of sp³-hybridized carbons (Fsp3) is 0.231. The Kier molecular flexibility index (Phi) is 3.90. The number of rotatable bonds is 4. The summed E-state index contributed by atoms with van der Waals surface area (Å²) in [6, 6.07) is 5.55. The van der Waals surface area contributed by atoms with Gasteiger partial charge >= 0.3 is 5.97 Å². The Bertz CT molecular complexity index is 622. The monoisotopic (exact) mass is 324 g/mol. The highest BCUT2D eigenvalue weighted by Gasteiger charge is 2.16. The predicted molar refractivity (Wildman–Crippen MR) is 74.2 cm³/mol. The van der Waals surface area contributed by atoms with Crippen LogP contribution in [0, 0.1) is 0 Å². The van der Waals surface area contributed by atoms with E-state index in [4.69, 9.17) is 9.84 Å². The summed E-state index contributed by atoms with van der Waals surface area (Å²) in [5.74, 6) is -0.225. The summed E-state index contributed by atoms with van der Waals surface area (Å²) in [6.07, 6.45) is 1.64. The SMILES string of the molecule is COc1ccc(Br)cc1-c1nn(C)cc1CC(=O)O. The molecule has 0 atom stereocenters. The Balaban J connectivity index is 2.57. The maximum absolute atomic E-state index is 10.9. The first-order valence-electron chi connectivity index (χ1n) is 5.59. The highest BCUT2D eigenvalue weighted by molar-refractivity contribution is 9.10. The van der Waals surface area contributed by atoms with Crippen molar-refractivity contribution in [3.63, 3.8) is 0 Å². The number of carboxylic acid groups (broad SMARTS) is 1. The van der Waals surface area contributed by atoms with Crippen LogP contribution in [0.4, 0.5) is 0 Å². The van der Waals surface area contributed by atoms with Crippen molar-refractivity contribution in [1.82, 2.24) is 9.78 Å². The van der Waals surface area contributed by atoms with Crippen LogP contribution in [0.15, 0.2) is 28.9 Å². The lowest BCUT2D eigenvalue weighted by Gasteiger charge is -2.08. The molecular formula is C13H13BrN2O3. The Morgan fingerprint density at radius 3 is 2.89 bits per heavy atom. The molecule has 2 rings (SSSR count). The lowest BCUT2D eigenvalue weighted by atomic mass is 10.1. The van der Waals surface area contributed by atoms with E-state index in [1.807, 2.05) is 18.2 Å². The number of nitrogens with zero attached hydrogens (tertiary/aromatic N) is 2. The zero-order valence-electron chi connectivity index (χ0n) is 10.6. The van der Waals surface area contributed by atoms with E-state index in [1.54, 1.807) is 25.0 Å². The van der Waals surface area contributed by atoms with Crippen LogP contribution in [0.25, 0.3) is 11.3 Å². The van der Waals surface area contributed by atoms with Crippen LogP contribution in [0.1, 0.15) is 5.56 Å². The van der Waals surface area contributed by atoms with Crippen LogP contribution >= 0.6 is 15.9 Å². The molecule has 0 amide bonds. The molecule has 5 nitrogen and oxygen atoms in total. The van der Waals surface area contributed by atoms with Crippen molar-refractivity contribution < 1.29 is 14.6 Å². The molecule has 0 aliphatic carbocycles. The van der Waals surface area contributed by atoms with Gasteiger partial charge in [0, 0.05) is 28.8 Å². The second kappa shape index (κ2) is 5.44. The fourth-order valence-electron chi connectivity index (χ4n) is 1.92. The van der Waals surface area contributed by atoms with E-state index in [-0.39, 0.29) is 6.42 Å². The summed E-state index contributed by atoms with van der Waals surface area (Å²) in [5, 5.41) is 13.3. The van der Waals surface area contributed by atoms with Gasteiger partial charge in [0.1, 0.15) is 5.75 Å². The van der Waals surface area contributed by atoms with E-state index < -0.39 is 5.97 Å². The third-order valence-corrected chi connectivity index (χ3v) is 3.16. The molecule has 0 unspecified atom stereocenters. The van der Waals surface area contributed by atoms with Gasteiger partial charge in [0.15, 0.2) is 0 Å². The lowest BCUT2D eigenvalue weighted by molar-refractivity contribution is -0.136. The van der Waals surface area contributed by atoms with Crippen LogP contribution in [-0.4, -0.2) is 28.0 Å². The van der Waals surface area contributed by atoms with Gasteiger partial charge < -0.3 is 9.84 Å². The minimum atomic E-state index is -0.886. The first kappa shape index (κ1) is 13.6. The van der Waals surface area contributed by atoms with E-state index in [1.165, 1.54) is 0 Å². The predicted octanol–water partition coefficient (Wildman–Crippen LogP) is 2.49. The molecule has 0 saturated heterocycles. The number of methoxy groups -OCH3 is 1. The van der Waals surface area contributed by atoms with Crippen LogP contribution in [0.3, 0.4) is 0 Å². The number of hydrogen-bond acceptors (Lipinski definition) is 3. The van der Waals surface area contributed by atoms with Crippen molar-refractivity contribution in [3.8, 4) is 17.0 Å². The number of hydrogen-bond donors (Lipinski definition) is 1. The zero-order valence-corrected chi connectivity index (χ0v) is 12.1. The third-order valence-electron chi connectivity index (χ3n) is 2.66. The molecule has 0 aliphatic heterocycles. The van der Waals surface area contributed by atoms with Crippen molar-refractivity contribution in [2.24, 2.45) is 7.05 Å². The second-order valence-electron chi connectivity index (χ2n) is 4.09. The maximum atomic E-state index is 10.9. The molecule has 1 aromatic carbocycles. The lowest BCUT2D eigenvalue weighted by Crippen LogP contribution is -2.01. The molecule has 1 N–H and O–H groups in total. The van der Waals surface area contributed by atoms with Crippen LogP contribution < -0.4 is 4.74 Å². The largest absolute Gasteiger partial charge is 0.496 e. The summed E-state index contributed by atoms with van der Waals surface area (Å²) in [7, 11) is 3.34. The van der Waals surface area contributed by atoms with Gasteiger partial charge in [-0.05, 0) is 18.2 Å². The third kappa shape index (κ3) is 2.96. The quantitative estimate of drug-likeness (QED) is 0.938. The fourth-order valence-corrected chi connectivity index (χ4v) is 2.28. The molecular weight excluding hydrogens is 312 g/mol. The molecule has 1 heterocycles. The summed E-state index contributed by atoms with van der Waals surface area (Å²) in [4.78, 5) is 10.9. The minimum absolute atomic E-state index is 0.0706. The maximum Gasteiger partial charge on any atom is 0.307 e. The molecule has 0 spiro atoms. The number of carboxylic acids is 1. The Labute approximate surface area is 118 Å². The van der Waals surface area contributed by atoms with E-state index in [0.29, 0.717) is 17.0 Å². The van der Waals surface area contributed by atoms with Gasteiger partial charge in [-0.2, -0.15) is 5.10 Å². The van der Waals surface area contributed by atoms with Crippen molar-refractivity contribution in [2.45, 2.75) is 6.42 Å². The molecule has 6 heteroatoms. The molecule has 0 radical (unpaired) electrons. The normalized spacial score (nSPS) is 10.5. The standard InChI is InChI=1S/C13H13BrN2O3/c1-16-7-8(5-12(17)18)13(15-16)10-6-9(14)3-4-11(10)19-2/h3-4,6-7H,5H2,1-2H3,(H,17,18). The summed E-state index contributed by atoms with van der Waals surface area (Å²) in [6.45, 7) is 0. The van der Waals surface area contributed by atoms with Crippen LogP contribution in [0.2, 0.25) is 0 Å². The first-order valence-corrected chi connectivity index (χ1v) is 6.38. The van der Waals surface area contributed by atoms with Gasteiger partial charge in [-0.15, -0.1) is 0 Å². The van der Waals surface area contributed by atoms with Gasteiger partial charge in [0.2, 0.25) is 0 Å². The number of halogens is 1. The van der Waals surface area contributed by atoms with Gasteiger partial charge in [-0.25, -0.2) is 0 Å². The van der Waals surface area contributed by atoms with Crippen molar-refractivity contribution in [2.75, 3.05) is 7.11 Å². The summed E-state index contributed by atoms with van der Waals surface area (Å²) in [5.41, 5.74) is 2.06. The Hall–Kier alpha value is -1.82. The van der Waals surface area contributed by atoms with Crippen LogP contribution in [-0.2, 0) is 18.3 Å². The number of aromatic nitrogens is 2. The molecule has 0 bridgehead atoms. The van der Waals surface area contributed by atoms with E-state index >= 15 is 0 Å². The average Bonchev–Trinajstić information content (AvgIpc) is 2.69. The smallest absolute Gasteiger partial charge is 0.307 e. The van der Waals surface area contributed by atoms with Gasteiger partial charge in [-0.1, -0.05) is 15.9 Å². The van der Waals surface area contributed by atoms with Gasteiger partial charge in [0.25, 0.3) is 0 Å². The highest BCUT2D eigenvalue weighted by atomic mass is 79.9. The summed E-state index contributed by atoms with van der Waals surface area (Å²) < 4.78 is 7.80. The minimum Gasteiger partial charge on any atom is -0.496 e. The number of aryl methyl sites for hydroxylation is 1. The van der Waals surface area contributed by atoms with Crippen molar-refractivity contribution in [1.29, 1.82) is 0 Å². The van der Waals surface area contributed by atoms with Crippen molar-refractivity contribution in [3.05, 3.63) is 34.4 Å². The average molecular weight is 325 g/mol. The van der Waals surface area contributed by atoms with E-state index in [9.17, 15) is 4.79 Å². The molecule has 2 aromatic rings. The molecule has 0 aliphatic rings. The topological polar surface area (TPSA) is 64.4 Å². The van der Waals surface area contributed by atoms with Crippen molar-refractivity contribution >= 4 is 21.9 Å². The molecule has 0 fully saturated rings. The molecule has 0 saturated carbocycles. The van der Waals surface area contributed by atoms with Crippen LogP contribution in [0.5, 0.6) is 5.75 Å². The highest BCUT2D eigenvalue weighted by Crippen LogP contribution is 2.33. The number of ether oxygens (including phenoxy) is 1. The molecule has 1 aromatic heterocycles. The van der Waals surface area contributed by atoms with E-state index in [0.717, 1.165) is 10.0 Å². The summed E-state index contributed by atoms with van der Waals surface area (Å²) >= 11 is 3.40. The zero-order chi connectivity index (χ0) is 14.0. The van der Waals surface area contributed by atoms with Gasteiger partial charge in [-0.3, -0.25) is 9.48 Å². The number of aliphatic carboxylic acids is 1. The Morgan fingerprint density at radius 1 is 1.53 bits per heavy atom. The second-order valence-corrected chi connectivity index (χ2v) is 5.01. The number of carbonyl (C=O) groups is 1. The van der Waals surface area contributed by atoms with E-state index in [2.05, 4.69) is 21.0 Å². The molecule has 100 valence electrons. The molecule has 19 heavy (non-hydrogen) atoms. The Morgan fingerprint density at radius 2 is 2.26 bits per heavy atom.